The molecule has 596 valence electrons. The predicted octanol–water partition coefficient (Wildman–Crippen LogP) is 1.82. The van der Waals surface area contributed by atoms with E-state index < -0.39 is 108 Å². The van der Waals surface area contributed by atoms with Gasteiger partial charge in [-0.25, -0.2) is 4.79 Å². The summed E-state index contributed by atoms with van der Waals surface area (Å²) in [6.07, 6.45) is 8.84. The molecule has 5 aromatic heterocycles. The van der Waals surface area contributed by atoms with E-state index in [0.29, 0.717) is 61.4 Å². The van der Waals surface area contributed by atoms with E-state index in [1.165, 1.54) is 0 Å². The van der Waals surface area contributed by atoms with Crippen LogP contribution in [0.2, 0.25) is 0 Å². The van der Waals surface area contributed by atoms with E-state index in [1.807, 2.05) is 97.1 Å². The highest BCUT2D eigenvalue weighted by Crippen LogP contribution is 2.26. The number of guanidine groups is 3. The number of H-pyrrole nitrogens is 5. The molecule has 0 fully saturated rings. The average molecular weight is 1550 g/mol. The first-order valence-electron chi connectivity index (χ1n) is 37.6. The molecule has 0 radical (unpaired) electrons. The number of carbonyl (C=O) groups is 9. The van der Waals surface area contributed by atoms with E-state index >= 15 is 24.0 Å². The van der Waals surface area contributed by atoms with Crippen molar-refractivity contribution in [2.45, 2.75) is 144 Å². The van der Waals surface area contributed by atoms with Crippen LogP contribution in [0.4, 0.5) is 0 Å². The number of rotatable bonds is 43. The molecule has 10 rings (SSSR count). The first-order valence-corrected chi connectivity index (χ1v) is 37.6. The van der Waals surface area contributed by atoms with Gasteiger partial charge in [0.1, 0.15) is 48.3 Å². The smallest absolute Gasteiger partial charge is 0.326 e. The summed E-state index contributed by atoms with van der Waals surface area (Å²) in [5, 5.41) is 67.8. The first kappa shape index (κ1) is 82.3. The van der Waals surface area contributed by atoms with Crippen molar-refractivity contribution in [3.8, 4) is 0 Å². The number of aromatic nitrogens is 5. The van der Waals surface area contributed by atoms with Gasteiger partial charge in [0.05, 0.1) is 6.04 Å². The number of amides is 8. The van der Waals surface area contributed by atoms with Gasteiger partial charge in [-0.05, 0) is 129 Å². The molecule has 0 saturated heterocycles. The van der Waals surface area contributed by atoms with Crippen LogP contribution in [0.25, 0.3) is 54.5 Å². The second kappa shape index (κ2) is 39.9. The molecule has 5 aromatic carbocycles. The van der Waals surface area contributed by atoms with Crippen LogP contribution in [0.5, 0.6) is 0 Å². The van der Waals surface area contributed by atoms with Crippen molar-refractivity contribution in [2.24, 2.45) is 28.7 Å². The number of nitrogens with two attached hydrogens (primary N) is 5. The van der Waals surface area contributed by atoms with Crippen molar-refractivity contribution < 1.29 is 48.3 Å². The van der Waals surface area contributed by atoms with Gasteiger partial charge in [0.2, 0.25) is 47.3 Å². The number of benzene rings is 5. The Morgan fingerprint density at radius 3 is 0.823 bits per heavy atom. The number of carboxylic acid groups (broad SMARTS) is 1. The molecule has 9 atom stereocenters. The molecule has 0 saturated carbocycles. The van der Waals surface area contributed by atoms with Gasteiger partial charge in [-0.3, -0.25) is 54.6 Å². The van der Waals surface area contributed by atoms with Crippen LogP contribution in [-0.4, -0.2) is 182 Å². The molecule has 30 N–H and O–H groups in total. The van der Waals surface area contributed by atoms with Crippen molar-refractivity contribution in [2.75, 3.05) is 26.2 Å². The maximum absolute atomic E-state index is 15.7. The van der Waals surface area contributed by atoms with Gasteiger partial charge in [-0.15, -0.1) is 0 Å². The first-order chi connectivity index (χ1) is 54.5. The van der Waals surface area contributed by atoms with Crippen LogP contribution in [0.3, 0.4) is 0 Å². The third-order valence-electron chi connectivity index (χ3n) is 19.8. The molecule has 0 spiro atoms. The topological polar surface area (TPSA) is 587 Å². The number of aromatic amines is 5. The van der Waals surface area contributed by atoms with Crippen molar-refractivity contribution in [3.63, 3.8) is 0 Å². The lowest BCUT2D eigenvalue weighted by Crippen LogP contribution is -2.61. The minimum atomic E-state index is -1.53. The Hall–Kier alpha value is -13.2. The van der Waals surface area contributed by atoms with E-state index in [2.05, 4.69) is 83.4 Å². The molecule has 0 unspecified atom stereocenters. The number of carboxylic acids is 1. The lowest BCUT2D eigenvalue weighted by atomic mass is 9.99. The van der Waals surface area contributed by atoms with Crippen molar-refractivity contribution in [1.82, 2.24) is 83.4 Å². The monoisotopic (exact) mass is 1540 g/mol. The fourth-order valence-corrected chi connectivity index (χ4v) is 13.9. The summed E-state index contributed by atoms with van der Waals surface area (Å²) in [6.45, 7) is 0.554. The van der Waals surface area contributed by atoms with E-state index in [0.717, 1.165) is 27.4 Å². The summed E-state index contributed by atoms with van der Waals surface area (Å²) in [4.78, 5) is 150. The largest absolute Gasteiger partial charge is 0.480 e. The summed E-state index contributed by atoms with van der Waals surface area (Å²) in [5.41, 5.74) is 36.1. The van der Waals surface area contributed by atoms with Gasteiger partial charge in [-0.2, -0.15) is 0 Å². The van der Waals surface area contributed by atoms with Gasteiger partial charge < -0.3 is 117 Å². The Labute approximate surface area is 649 Å². The molecule has 34 nitrogen and oxygen atoms in total. The summed E-state index contributed by atoms with van der Waals surface area (Å²) >= 11 is 0. The molecule has 0 aliphatic heterocycles. The molecule has 8 amide bonds. The van der Waals surface area contributed by atoms with Gasteiger partial charge in [-0.1, -0.05) is 91.0 Å². The zero-order chi connectivity index (χ0) is 80.5. The highest BCUT2D eigenvalue weighted by molar-refractivity contribution is 6.00. The number of nitrogens with one attached hydrogen (secondary N) is 19. The van der Waals surface area contributed by atoms with Crippen LogP contribution in [-0.2, 0) is 75.3 Å². The molecule has 0 aliphatic carbocycles. The van der Waals surface area contributed by atoms with Gasteiger partial charge >= 0.3 is 5.97 Å². The van der Waals surface area contributed by atoms with Gasteiger partial charge in [0, 0.05) is 131 Å². The van der Waals surface area contributed by atoms with Crippen molar-refractivity contribution in [1.29, 1.82) is 16.2 Å². The summed E-state index contributed by atoms with van der Waals surface area (Å²) in [5.74, 6) is -8.94. The maximum Gasteiger partial charge on any atom is 0.326 e. The number of unbranched alkanes of at least 4 members (excludes halogenated alkanes) is 1. The van der Waals surface area contributed by atoms with Gasteiger partial charge in [0.25, 0.3) is 0 Å². The zero-order valence-electron chi connectivity index (χ0n) is 62.4. The minimum absolute atomic E-state index is 0.0173. The Morgan fingerprint density at radius 1 is 0.319 bits per heavy atom. The second-order valence-corrected chi connectivity index (χ2v) is 28.0. The molecular formula is C79H100N24O10. The quantitative estimate of drug-likeness (QED) is 0.0147. The zero-order valence-corrected chi connectivity index (χ0v) is 62.4. The molecule has 0 bridgehead atoms. The molecule has 10 aromatic rings. The summed E-state index contributed by atoms with van der Waals surface area (Å²) in [6, 6.07) is 23.9. The van der Waals surface area contributed by atoms with Gasteiger partial charge in [0.15, 0.2) is 17.9 Å². The van der Waals surface area contributed by atoms with Crippen molar-refractivity contribution >= 4 is 126 Å². The van der Waals surface area contributed by atoms with Crippen molar-refractivity contribution in [3.05, 3.63) is 180 Å². The Bertz CT molecular complexity index is 5020. The predicted molar refractivity (Wildman–Crippen MR) is 431 cm³/mol. The number of fused-ring (bicyclic) bond motifs is 5. The molecular weight excluding hydrogens is 1450 g/mol. The maximum atomic E-state index is 15.7. The standard InChI is InChI=1S/C79H100N24O10/c80-30-12-11-26-60(70(106)100-66(37-47-42-94-58-24-9-4-19-52(47)58)75(111)103-65(36-46-41-93-57-23-8-3-18-51(46)57)73(109)99-63(76(112)113)29-15-33-90-79(86)87)98-72(108)64(35-45-40-92-56-22-7-2-17-50(45)56)102-74(110)67(38-48-43-95-59-25-10-5-20-53(48)59)101-71(107)62(28-14-32-89-78(84)85)97-69(105)61(27-13-31-88-77(82)83)96-68(104)54(81)34-44-39-91-55-21-6-1-16-49(44)55/h1-10,16-25,39-43,54,60-67,91-95H,11-15,26-38,80-81H2,(H,96,104)(H,97,105)(H,98,108)(H,99,109)(H,100,106)(H,101,107)(H,102,110)(H,103,111)(H,112,113)(H4,82,83,88)(H4,84,85,89)(H4,86,87,90)/t54-,60-,61-,62-,63-,64-,65-,66-,67-/m0/s1. The third kappa shape index (κ3) is 22.9. The number of hydrogen-bond donors (Lipinski definition) is 25. The lowest BCUT2D eigenvalue weighted by molar-refractivity contribution is -0.142. The van der Waals surface area contributed by atoms with Crippen LogP contribution < -0.4 is 87.2 Å². The highest BCUT2D eigenvalue weighted by Gasteiger charge is 2.37. The number of carbonyl (C=O) groups excluding carboxylic acids is 8. The minimum Gasteiger partial charge on any atom is -0.480 e. The van der Waals surface area contributed by atoms with E-state index in [1.54, 1.807) is 55.2 Å². The second-order valence-electron chi connectivity index (χ2n) is 28.0. The average Bonchev–Trinajstić information content (AvgIpc) is 1.73. The van der Waals surface area contributed by atoms with Crippen LogP contribution >= 0.6 is 0 Å². The molecule has 5 heterocycles. The molecule has 0 aliphatic rings. The summed E-state index contributed by atoms with van der Waals surface area (Å²) in [7, 11) is 0. The third-order valence-corrected chi connectivity index (χ3v) is 19.8. The molecule has 113 heavy (non-hydrogen) atoms. The number of para-hydroxylation sites is 5. The van der Waals surface area contributed by atoms with Crippen LogP contribution in [0, 0.1) is 16.2 Å². The van der Waals surface area contributed by atoms with Crippen LogP contribution in [0.1, 0.15) is 85.6 Å². The van der Waals surface area contributed by atoms with Crippen LogP contribution in [0.15, 0.2) is 152 Å². The fraction of sp³-hybridized carbons (Fsp3) is 0.342. The fourth-order valence-electron chi connectivity index (χ4n) is 13.9. The molecule has 34 heteroatoms. The summed E-state index contributed by atoms with van der Waals surface area (Å²) < 4.78 is 0. The van der Waals surface area contributed by atoms with E-state index in [-0.39, 0.29) is 128 Å². The Morgan fingerprint density at radius 2 is 0.549 bits per heavy atom. The number of aliphatic carboxylic acids is 1. The highest BCUT2D eigenvalue weighted by atomic mass is 16.4. The van der Waals surface area contributed by atoms with E-state index in [9.17, 15) is 24.3 Å². The SMILES string of the molecule is N=C(N)NCCC[C@H](NC(=O)[C@H](Cc1c[nH]c2ccccc12)NC(=O)[C@H](Cc1c[nH]c2ccccc12)NC(=O)[C@H](CCCCN)NC(=O)[C@H](Cc1c[nH]c2ccccc12)NC(=O)[C@H](Cc1c[nH]c2ccccc12)NC(=O)[C@H](CCCNC(=N)N)NC(=O)[C@H](CCCNC(=N)N)NC(=O)[C@@H](N)Cc1c[nH]c2ccccc12)C(=O)O. The Kier molecular flexibility index (Phi) is 29.1. The van der Waals surface area contributed by atoms with E-state index in [4.69, 9.17) is 44.9 Å². The lowest BCUT2D eigenvalue weighted by Gasteiger charge is -2.28. The normalized spacial score (nSPS) is 13.8. The Balaban J connectivity index is 0.950. The number of hydrogen-bond acceptors (Lipinski definition) is 14.